The monoisotopic (exact) mass is 192 g/mol. The lowest BCUT2D eigenvalue weighted by Gasteiger charge is -2.30. The maximum absolute atomic E-state index is 12.1. The quantitative estimate of drug-likeness (QED) is 0.741. The van der Waals surface area contributed by atoms with Gasteiger partial charge in [0.05, 0.1) is 12.7 Å². The average molecular weight is 192 g/mol. The van der Waals surface area contributed by atoms with Crippen molar-refractivity contribution in [3.05, 3.63) is 12.3 Å². The Kier molecular flexibility index (Phi) is 2.85. The number of halogens is 2. The standard InChI is InChI=1S/C8H10F2O3/c9-6(10)5-8(7(11)12)3-1-2-4-13-8/h2,4,6H,1,3,5H2,(H,11,12). The van der Waals surface area contributed by atoms with Crippen LogP contribution in [0.4, 0.5) is 8.78 Å². The number of aliphatic carboxylic acids is 1. The van der Waals surface area contributed by atoms with Crippen molar-refractivity contribution in [2.75, 3.05) is 0 Å². The minimum atomic E-state index is -2.66. The van der Waals surface area contributed by atoms with Crippen LogP contribution in [-0.4, -0.2) is 23.1 Å². The third-order valence-corrected chi connectivity index (χ3v) is 1.98. The van der Waals surface area contributed by atoms with Gasteiger partial charge in [0.2, 0.25) is 12.0 Å². The Morgan fingerprint density at radius 2 is 2.38 bits per heavy atom. The van der Waals surface area contributed by atoms with Crippen molar-refractivity contribution in [1.82, 2.24) is 0 Å². The first-order valence-corrected chi connectivity index (χ1v) is 3.91. The van der Waals surface area contributed by atoms with Gasteiger partial charge in [0, 0.05) is 6.42 Å². The predicted octanol–water partition coefficient (Wildman–Crippen LogP) is 1.79. The Balaban J connectivity index is 2.75. The molecule has 0 radical (unpaired) electrons. The maximum Gasteiger partial charge on any atom is 0.348 e. The van der Waals surface area contributed by atoms with E-state index in [1.54, 1.807) is 6.08 Å². The highest BCUT2D eigenvalue weighted by Gasteiger charge is 2.43. The van der Waals surface area contributed by atoms with E-state index in [4.69, 9.17) is 9.84 Å². The summed E-state index contributed by atoms with van der Waals surface area (Å²) in [5.41, 5.74) is -1.72. The van der Waals surface area contributed by atoms with E-state index < -0.39 is 24.4 Å². The molecule has 0 aromatic heterocycles. The first-order chi connectivity index (χ1) is 6.07. The van der Waals surface area contributed by atoms with E-state index >= 15 is 0 Å². The molecule has 0 aliphatic carbocycles. The van der Waals surface area contributed by atoms with Gasteiger partial charge in [0.25, 0.3) is 0 Å². The largest absolute Gasteiger partial charge is 0.483 e. The first kappa shape index (κ1) is 9.95. The van der Waals surface area contributed by atoms with Gasteiger partial charge < -0.3 is 9.84 Å². The lowest BCUT2D eigenvalue weighted by Crippen LogP contribution is -2.43. The zero-order valence-corrected chi connectivity index (χ0v) is 6.87. The topological polar surface area (TPSA) is 46.5 Å². The van der Waals surface area contributed by atoms with Crippen molar-refractivity contribution >= 4 is 5.97 Å². The van der Waals surface area contributed by atoms with E-state index in [0.717, 1.165) is 0 Å². The van der Waals surface area contributed by atoms with Crippen LogP contribution in [0.3, 0.4) is 0 Å². The van der Waals surface area contributed by atoms with E-state index in [0.29, 0.717) is 6.42 Å². The van der Waals surface area contributed by atoms with Crippen molar-refractivity contribution in [2.24, 2.45) is 0 Å². The molecule has 1 unspecified atom stereocenters. The van der Waals surface area contributed by atoms with Crippen LogP contribution in [0.2, 0.25) is 0 Å². The molecule has 1 aliphatic heterocycles. The zero-order chi connectivity index (χ0) is 9.90. The number of alkyl halides is 2. The number of hydrogen-bond donors (Lipinski definition) is 1. The highest BCUT2D eigenvalue weighted by molar-refractivity contribution is 5.77. The Labute approximate surface area is 74.0 Å². The molecule has 0 saturated heterocycles. The predicted molar refractivity (Wildman–Crippen MR) is 40.4 cm³/mol. The number of ether oxygens (including phenoxy) is 1. The number of carboxylic acid groups (broad SMARTS) is 1. The summed E-state index contributed by atoms with van der Waals surface area (Å²) in [4.78, 5) is 10.7. The van der Waals surface area contributed by atoms with Crippen molar-refractivity contribution in [3.8, 4) is 0 Å². The molecule has 0 aromatic carbocycles. The minimum absolute atomic E-state index is 0.100. The Bertz CT molecular complexity index is 227. The highest BCUT2D eigenvalue weighted by atomic mass is 19.3. The van der Waals surface area contributed by atoms with Crippen molar-refractivity contribution in [2.45, 2.75) is 31.3 Å². The van der Waals surface area contributed by atoms with E-state index in [1.165, 1.54) is 6.26 Å². The van der Waals surface area contributed by atoms with Crippen molar-refractivity contribution in [1.29, 1.82) is 0 Å². The summed E-state index contributed by atoms with van der Waals surface area (Å²) < 4.78 is 28.9. The molecule has 0 bridgehead atoms. The molecule has 74 valence electrons. The molecule has 0 fully saturated rings. The van der Waals surface area contributed by atoms with Gasteiger partial charge in [-0.05, 0) is 12.5 Å². The first-order valence-electron chi connectivity index (χ1n) is 3.91. The van der Waals surface area contributed by atoms with Gasteiger partial charge in [-0.15, -0.1) is 0 Å². The molecular weight excluding hydrogens is 182 g/mol. The van der Waals surface area contributed by atoms with E-state index in [2.05, 4.69) is 0 Å². The molecule has 5 heteroatoms. The summed E-state index contributed by atoms with van der Waals surface area (Å²) in [5, 5.41) is 8.75. The normalized spacial score (nSPS) is 27.3. The summed E-state index contributed by atoms with van der Waals surface area (Å²) in [7, 11) is 0. The van der Waals surface area contributed by atoms with Crippen LogP contribution in [0.15, 0.2) is 12.3 Å². The van der Waals surface area contributed by atoms with Gasteiger partial charge >= 0.3 is 5.97 Å². The molecule has 1 atom stereocenters. The van der Waals surface area contributed by atoms with Gasteiger partial charge in [0.1, 0.15) is 0 Å². The summed E-state index contributed by atoms with van der Waals surface area (Å²) in [5.74, 6) is -1.32. The zero-order valence-electron chi connectivity index (χ0n) is 6.87. The summed E-state index contributed by atoms with van der Waals surface area (Å²) in [6.07, 6.45) is -0.0655. The summed E-state index contributed by atoms with van der Waals surface area (Å²) in [6, 6.07) is 0. The second-order valence-electron chi connectivity index (χ2n) is 2.92. The SMILES string of the molecule is O=C(O)C1(CC(F)F)CCC=CO1. The van der Waals surface area contributed by atoms with Crippen LogP contribution in [0.5, 0.6) is 0 Å². The van der Waals surface area contributed by atoms with Crippen LogP contribution in [0.1, 0.15) is 19.3 Å². The Morgan fingerprint density at radius 3 is 2.77 bits per heavy atom. The molecule has 0 spiro atoms. The second-order valence-corrected chi connectivity index (χ2v) is 2.92. The fourth-order valence-corrected chi connectivity index (χ4v) is 1.27. The van der Waals surface area contributed by atoms with Crippen LogP contribution < -0.4 is 0 Å². The fraction of sp³-hybridized carbons (Fsp3) is 0.625. The fourth-order valence-electron chi connectivity index (χ4n) is 1.27. The van der Waals surface area contributed by atoms with Gasteiger partial charge in [-0.2, -0.15) is 0 Å². The van der Waals surface area contributed by atoms with Crippen LogP contribution in [0.25, 0.3) is 0 Å². The molecule has 0 aromatic rings. The lowest BCUT2D eigenvalue weighted by molar-refractivity contribution is -0.165. The van der Waals surface area contributed by atoms with Crippen molar-refractivity contribution in [3.63, 3.8) is 0 Å². The molecule has 1 N–H and O–H groups in total. The number of allylic oxidation sites excluding steroid dienone is 1. The maximum atomic E-state index is 12.1. The van der Waals surface area contributed by atoms with E-state index in [9.17, 15) is 13.6 Å². The molecule has 1 rings (SSSR count). The van der Waals surface area contributed by atoms with Gasteiger partial charge in [-0.3, -0.25) is 0 Å². The summed E-state index contributed by atoms with van der Waals surface area (Å²) in [6.45, 7) is 0. The van der Waals surface area contributed by atoms with E-state index in [1.807, 2.05) is 0 Å². The Hall–Kier alpha value is -1.13. The number of carboxylic acids is 1. The third kappa shape index (κ3) is 2.17. The lowest BCUT2D eigenvalue weighted by atomic mass is 9.92. The molecular formula is C8H10F2O3. The number of hydrogen-bond acceptors (Lipinski definition) is 2. The van der Waals surface area contributed by atoms with E-state index in [-0.39, 0.29) is 6.42 Å². The van der Waals surface area contributed by atoms with Crippen LogP contribution >= 0.6 is 0 Å². The van der Waals surface area contributed by atoms with Gasteiger partial charge in [-0.1, -0.05) is 0 Å². The minimum Gasteiger partial charge on any atom is -0.483 e. The summed E-state index contributed by atoms with van der Waals surface area (Å²) >= 11 is 0. The molecule has 1 heterocycles. The Morgan fingerprint density at radius 1 is 1.69 bits per heavy atom. The third-order valence-electron chi connectivity index (χ3n) is 1.98. The van der Waals surface area contributed by atoms with Gasteiger partial charge in [-0.25, -0.2) is 13.6 Å². The average Bonchev–Trinajstić information content (AvgIpc) is 2.04. The molecule has 3 nitrogen and oxygen atoms in total. The molecule has 0 saturated carbocycles. The van der Waals surface area contributed by atoms with Crippen LogP contribution in [-0.2, 0) is 9.53 Å². The van der Waals surface area contributed by atoms with Crippen LogP contribution in [0, 0.1) is 0 Å². The number of carbonyl (C=O) groups is 1. The molecule has 0 amide bonds. The smallest absolute Gasteiger partial charge is 0.348 e. The van der Waals surface area contributed by atoms with Gasteiger partial charge in [0.15, 0.2) is 0 Å². The number of rotatable bonds is 3. The molecule has 13 heavy (non-hydrogen) atoms. The second kappa shape index (κ2) is 3.72. The highest BCUT2D eigenvalue weighted by Crippen LogP contribution is 2.29. The van der Waals surface area contributed by atoms with Crippen molar-refractivity contribution < 1.29 is 23.4 Å². The molecule has 1 aliphatic rings.